The Balaban J connectivity index is 1.43. The van der Waals surface area contributed by atoms with Gasteiger partial charge in [0, 0.05) is 25.7 Å². The fourth-order valence-corrected chi connectivity index (χ4v) is 4.59. The molecule has 1 atom stereocenters. The smallest absolute Gasteiger partial charge is 0.263 e. The summed E-state index contributed by atoms with van der Waals surface area (Å²) in [5.41, 5.74) is 2.36. The van der Waals surface area contributed by atoms with Gasteiger partial charge < -0.3 is 19.1 Å². The number of benzene rings is 2. The molecule has 4 aromatic rings. The molecule has 0 aliphatic carbocycles. The molecule has 35 heavy (non-hydrogen) atoms. The minimum Gasteiger partial charge on any atom is -0.492 e. The highest BCUT2D eigenvalue weighted by atomic mass is 19.1. The minimum absolute atomic E-state index is 0.0243. The van der Waals surface area contributed by atoms with Crippen molar-refractivity contribution in [1.29, 1.82) is 0 Å². The third-order valence-electron chi connectivity index (χ3n) is 6.30. The number of hydrogen-bond acceptors (Lipinski definition) is 7. The number of ether oxygens (including phenoxy) is 1. The molecule has 0 spiro atoms. The molecule has 1 fully saturated rings. The molecule has 1 amide bonds. The first-order chi connectivity index (χ1) is 17.1. The lowest BCUT2D eigenvalue weighted by Crippen LogP contribution is -2.44. The molecule has 0 unspecified atom stereocenters. The number of carbonyl (C=O) groups excluding carboxylic acids is 1. The molecule has 1 aliphatic heterocycles. The van der Waals surface area contributed by atoms with Crippen LogP contribution < -0.4 is 14.5 Å². The van der Waals surface area contributed by atoms with Crippen LogP contribution in [-0.4, -0.2) is 47.8 Å². The van der Waals surface area contributed by atoms with Gasteiger partial charge in [0.15, 0.2) is 0 Å². The number of rotatable bonds is 6. The van der Waals surface area contributed by atoms with Gasteiger partial charge in [-0.3, -0.25) is 4.79 Å². The number of nitrogens with zero attached hydrogens (tertiary/aromatic N) is 5. The highest BCUT2D eigenvalue weighted by Gasteiger charge is 2.32. The summed E-state index contributed by atoms with van der Waals surface area (Å²) in [6.45, 7) is 3.68. The van der Waals surface area contributed by atoms with Crippen LogP contribution in [0, 0.1) is 11.7 Å². The molecule has 0 radical (unpaired) electrons. The zero-order valence-electron chi connectivity index (χ0n) is 19.6. The zero-order valence-corrected chi connectivity index (χ0v) is 19.6. The SMILES string of the molecule is CCOc1ccccc1N(C)C(=O)[C@@H]1CCCN(c2ncnc3onc(-c4ccc(F)cc4)c23)C1. The Kier molecular flexibility index (Phi) is 6.31. The number of halogens is 1. The van der Waals surface area contributed by atoms with E-state index in [4.69, 9.17) is 9.26 Å². The molecule has 0 saturated carbocycles. The molecule has 1 saturated heterocycles. The van der Waals surface area contributed by atoms with E-state index >= 15 is 0 Å². The number of amides is 1. The molecule has 2 aromatic carbocycles. The molecule has 0 N–H and O–H groups in total. The summed E-state index contributed by atoms with van der Waals surface area (Å²) in [4.78, 5) is 26.0. The normalized spacial score (nSPS) is 15.9. The van der Waals surface area contributed by atoms with Crippen LogP contribution in [0.3, 0.4) is 0 Å². The number of anilines is 2. The second-order valence-corrected chi connectivity index (χ2v) is 8.50. The van der Waals surface area contributed by atoms with Gasteiger partial charge in [0.25, 0.3) is 5.71 Å². The van der Waals surface area contributed by atoms with Crippen LogP contribution in [0.4, 0.5) is 15.9 Å². The lowest BCUT2D eigenvalue weighted by atomic mass is 9.96. The molecule has 180 valence electrons. The van der Waals surface area contributed by atoms with Crippen LogP contribution in [0.1, 0.15) is 19.8 Å². The summed E-state index contributed by atoms with van der Waals surface area (Å²) < 4.78 is 24.7. The van der Waals surface area contributed by atoms with Gasteiger partial charge in [-0.05, 0) is 56.2 Å². The summed E-state index contributed by atoms with van der Waals surface area (Å²) in [7, 11) is 1.79. The molecule has 3 heterocycles. The number of aromatic nitrogens is 3. The predicted molar refractivity (Wildman–Crippen MR) is 131 cm³/mol. The Morgan fingerprint density at radius 2 is 2.00 bits per heavy atom. The monoisotopic (exact) mass is 475 g/mol. The van der Waals surface area contributed by atoms with Crippen molar-refractivity contribution < 1.29 is 18.4 Å². The number of hydrogen-bond donors (Lipinski definition) is 0. The maximum Gasteiger partial charge on any atom is 0.263 e. The van der Waals surface area contributed by atoms with Crippen LogP contribution in [-0.2, 0) is 4.79 Å². The van der Waals surface area contributed by atoms with Gasteiger partial charge in [-0.25, -0.2) is 9.37 Å². The van der Waals surface area contributed by atoms with E-state index in [-0.39, 0.29) is 17.6 Å². The molecular formula is C26H26FN5O3. The summed E-state index contributed by atoms with van der Waals surface area (Å²) in [6, 6.07) is 13.6. The topological polar surface area (TPSA) is 84.6 Å². The van der Waals surface area contributed by atoms with Crippen molar-refractivity contribution in [3.05, 3.63) is 60.7 Å². The van der Waals surface area contributed by atoms with Crippen LogP contribution in [0.25, 0.3) is 22.4 Å². The molecule has 5 rings (SSSR count). The second-order valence-electron chi connectivity index (χ2n) is 8.50. The highest BCUT2D eigenvalue weighted by molar-refractivity contribution is 5.99. The first-order valence-corrected chi connectivity index (χ1v) is 11.7. The van der Waals surface area contributed by atoms with Gasteiger partial charge in [0.2, 0.25) is 5.91 Å². The third kappa shape index (κ3) is 4.41. The maximum absolute atomic E-state index is 13.5. The quantitative estimate of drug-likeness (QED) is 0.400. The Morgan fingerprint density at radius 3 is 2.80 bits per heavy atom. The van der Waals surface area contributed by atoms with Crippen molar-refractivity contribution in [2.24, 2.45) is 5.92 Å². The van der Waals surface area contributed by atoms with E-state index in [1.165, 1.54) is 18.5 Å². The van der Waals surface area contributed by atoms with Gasteiger partial charge in [0.1, 0.15) is 34.8 Å². The van der Waals surface area contributed by atoms with E-state index < -0.39 is 0 Å². The maximum atomic E-state index is 13.5. The summed E-state index contributed by atoms with van der Waals surface area (Å²) in [5.74, 6) is 0.819. The van der Waals surface area contributed by atoms with Crippen molar-refractivity contribution in [1.82, 2.24) is 15.1 Å². The Hall–Kier alpha value is -4.01. The van der Waals surface area contributed by atoms with Crippen molar-refractivity contribution >= 4 is 28.5 Å². The Bertz CT molecular complexity index is 1340. The Morgan fingerprint density at radius 1 is 1.20 bits per heavy atom. The van der Waals surface area contributed by atoms with Crippen molar-refractivity contribution in [2.75, 3.05) is 36.5 Å². The molecular weight excluding hydrogens is 449 g/mol. The number of para-hydroxylation sites is 2. The van der Waals surface area contributed by atoms with E-state index in [9.17, 15) is 9.18 Å². The van der Waals surface area contributed by atoms with E-state index in [1.807, 2.05) is 31.2 Å². The summed E-state index contributed by atoms with van der Waals surface area (Å²) in [5, 5.41) is 4.84. The van der Waals surface area contributed by atoms with E-state index in [2.05, 4.69) is 20.0 Å². The van der Waals surface area contributed by atoms with Crippen LogP contribution in [0.2, 0.25) is 0 Å². The van der Waals surface area contributed by atoms with Crippen molar-refractivity contribution in [2.45, 2.75) is 19.8 Å². The highest BCUT2D eigenvalue weighted by Crippen LogP contribution is 2.36. The lowest BCUT2D eigenvalue weighted by Gasteiger charge is -2.35. The number of piperidine rings is 1. The number of carbonyl (C=O) groups is 1. The molecule has 9 heteroatoms. The second kappa shape index (κ2) is 9.69. The lowest BCUT2D eigenvalue weighted by molar-refractivity contribution is -0.122. The third-order valence-corrected chi connectivity index (χ3v) is 6.30. The standard InChI is InChI=1S/C26H26FN5O3/c1-3-34-21-9-5-4-8-20(21)31(2)26(33)18-7-6-14-32(15-18)24-22-23(17-10-12-19(27)13-11-17)30-35-25(22)29-16-28-24/h4-5,8-13,16,18H,3,6-7,14-15H2,1-2H3/t18-/m1/s1. The van der Waals surface area contributed by atoms with Gasteiger partial charge in [-0.15, -0.1) is 0 Å². The molecule has 1 aliphatic rings. The van der Waals surface area contributed by atoms with E-state index in [0.717, 1.165) is 25.1 Å². The zero-order chi connectivity index (χ0) is 24.4. The largest absolute Gasteiger partial charge is 0.492 e. The fraction of sp³-hybridized carbons (Fsp3) is 0.308. The van der Waals surface area contributed by atoms with Gasteiger partial charge in [-0.2, -0.15) is 4.98 Å². The van der Waals surface area contributed by atoms with Gasteiger partial charge in [0.05, 0.1) is 18.2 Å². The fourth-order valence-electron chi connectivity index (χ4n) is 4.59. The summed E-state index contributed by atoms with van der Waals surface area (Å²) >= 11 is 0. The number of fused-ring (bicyclic) bond motifs is 1. The van der Waals surface area contributed by atoms with Crippen molar-refractivity contribution in [3.8, 4) is 17.0 Å². The average Bonchev–Trinajstić information content (AvgIpc) is 3.33. The van der Waals surface area contributed by atoms with E-state index in [0.29, 0.717) is 47.1 Å². The first-order valence-electron chi connectivity index (χ1n) is 11.7. The molecule has 8 nitrogen and oxygen atoms in total. The molecule has 0 bridgehead atoms. The average molecular weight is 476 g/mol. The van der Waals surface area contributed by atoms with Crippen LogP contribution in [0.15, 0.2) is 59.4 Å². The van der Waals surface area contributed by atoms with Crippen LogP contribution >= 0.6 is 0 Å². The van der Waals surface area contributed by atoms with Crippen LogP contribution in [0.5, 0.6) is 5.75 Å². The van der Waals surface area contributed by atoms with E-state index in [1.54, 1.807) is 24.1 Å². The van der Waals surface area contributed by atoms with Crippen molar-refractivity contribution in [3.63, 3.8) is 0 Å². The predicted octanol–water partition coefficient (Wildman–Crippen LogP) is 4.70. The minimum atomic E-state index is -0.328. The first kappa shape index (κ1) is 22.8. The Labute approximate surface area is 202 Å². The molecule has 2 aromatic heterocycles. The van der Waals surface area contributed by atoms with Gasteiger partial charge in [-0.1, -0.05) is 17.3 Å². The summed E-state index contributed by atoms with van der Waals surface area (Å²) in [6.07, 6.45) is 3.05. The van der Waals surface area contributed by atoms with Gasteiger partial charge >= 0.3 is 0 Å².